The number of anilines is 1. The Morgan fingerprint density at radius 3 is 2.63 bits per heavy atom. The van der Waals surface area contributed by atoms with Crippen LogP contribution in [-0.2, 0) is 14.6 Å². The van der Waals surface area contributed by atoms with E-state index >= 15 is 0 Å². The highest BCUT2D eigenvalue weighted by Gasteiger charge is 2.14. The molecule has 1 aromatic rings. The zero-order chi connectivity index (χ0) is 14.6. The summed E-state index contributed by atoms with van der Waals surface area (Å²) in [5.74, 6) is -1.95. The Bertz CT molecular complexity index is 614. The van der Waals surface area contributed by atoms with Gasteiger partial charge in [-0.25, -0.2) is 12.8 Å². The van der Waals surface area contributed by atoms with Crippen LogP contribution < -0.4 is 5.32 Å². The summed E-state index contributed by atoms with van der Waals surface area (Å²) < 4.78 is 35.0. The van der Waals surface area contributed by atoms with Crippen LogP contribution >= 0.6 is 0 Å². The summed E-state index contributed by atoms with van der Waals surface area (Å²) in [5.41, 5.74) is -0.729. The first-order chi connectivity index (χ1) is 8.69. The van der Waals surface area contributed by atoms with Crippen LogP contribution in [0.4, 0.5) is 15.8 Å². The Morgan fingerprint density at radius 1 is 1.47 bits per heavy atom. The number of nitrogens with zero attached hydrogens (tertiary/aromatic N) is 1. The molecule has 104 valence electrons. The number of benzene rings is 1. The molecule has 0 fully saturated rings. The van der Waals surface area contributed by atoms with Crippen molar-refractivity contribution < 1.29 is 22.5 Å². The molecule has 1 aromatic carbocycles. The van der Waals surface area contributed by atoms with E-state index in [4.69, 9.17) is 0 Å². The van der Waals surface area contributed by atoms with Gasteiger partial charge in [0.05, 0.1) is 16.4 Å². The van der Waals surface area contributed by atoms with Crippen LogP contribution in [0.3, 0.4) is 0 Å². The summed E-state index contributed by atoms with van der Waals surface area (Å²) in [7, 11) is -3.31. The van der Waals surface area contributed by atoms with Gasteiger partial charge in [0.25, 0.3) is 5.69 Å². The standard InChI is InChI=1S/C10H11FN2O5S/c1-19(17,18)5-4-10(14)12-9-6-7(13(15)16)2-3-8(9)11/h2-3,6H,4-5H2,1H3,(H,12,14). The number of hydrogen-bond acceptors (Lipinski definition) is 5. The van der Waals surface area contributed by atoms with Crippen LogP contribution in [0.1, 0.15) is 6.42 Å². The number of sulfone groups is 1. The number of amides is 1. The van der Waals surface area contributed by atoms with Gasteiger partial charge in [-0.15, -0.1) is 0 Å². The molecule has 1 amide bonds. The van der Waals surface area contributed by atoms with E-state index in [9.17, 15) is 27.7 Å². The Labute approximate surface area is 108 Å². The monoisotopic (exact) mass is 290 g/mol. The third-order valence-electron chi connectivity index (χ3n) is 2.13. The minimum atomic E-state index is -3.31. The second kappa shape index (κ2) is 5.74. The molecule has 0 bridgehead atoms. The number of nitro groups is 1. The van der Waals surface area contributed by atoms with Gasteiger partial charge in [0.2, 0.25) is 5.91 Å². The highest BCUT2D eigenvalue weighted by atomic mass is 32.2. The first kappa shape index (κ1) is 15.0. The van der Waals surface area contributed by atoms with E-state index < -0.39 is 26.5 Å². The van der Waals surface area contributed by atoms with Gasteiger partial charge in [0.15, 0.2) is 0 Å². The van der Waals surface area contributed by atoms with Gasteiger partial charge < -0.3 is 5.32 Å². The fourth-order valence-electron chi connectivity index (χ4n) is 1.21. The maximum Gasteiger partial charge on any atom is 0.271 e. The Kier molecular flexibility index (Phi) is 4.54. The van der Waals surface area contributed by atoms with Crippen LogP contribution in [0.5, 0.6) is 0 Å². The summed E-state index contributed by atoms with van der Waals surface area (Å²) in [6.07, 6.45) is 0.620. The number of carbonyl (C=O) groups is 1. The van der Waals surface area contributed by atoms with Gasteiger partial charge in [-0.1, -0.05) is 0 Å². The molecule has 1 N–H and O–H groups in total. The fourth-order valence-corrected chi connectivity index (χ4v) is 1.77. The number of rotatable bonds is 5. The summed E-state index contributed by atoms with van der Waals surface area (Å²) >= 11 is 0. The molecule has 19 heavy (non-hydrogen) atoms. The van der Waals surface area contributed by atoms with Crippen molar-refractivity contribution in [3.8, 4) is 0 Å². The lowest BCUT2D eigenvalue weighted by molar-refractivity contribution is -0.384. The molecule has 0 aliphatic rings. The first-order valence-corrected chi connectivity index (χ1v) is 7.16. The molecule has 0 saturated heterocycles. The molecule has 0 aromatic heterocycles. The summed E-state index contributed by atoms with van der Waals surface area (Å²) in [4.78, 5) is 21.1. The smallest absolute Gasteiger partial charge is 0.271 e. The van der Waals surface area contributed by atoms with Crippen molar-refractivity contribution >= 4 is 27.1 Å². The Balaban J connectivity index is 2.79. The summed E-state index contributed by atoms with van der Waals surface area (Å²) in [6, 6.07) is 2.68. The second-order valence-corrected chi connectivity index (χ2v) is 6.11. The highest BCUT2D eigenvalue weighted by Crippen LogP contribution is 2.21. The lowest BCUT2D eigenvalue weighted by Crippen LogP contribution is -2.17. The molecule has 0 atom stereocenters. The number of carbonyl (C=O) groups excluding carboxylic acids is 1. The maximum atomic E-state index is 13.3. The van der Waals surface area contributed by atoms with Crippen molar-refractivity contribution in [1.29, 1.82) is 0 Å². The van der Waals surface area contributed by atoms with Crippen molar-refractivity contribution in [2.45, 2.75) is 6.42 Å². The zero-order valence-electron chi connectivity index (χ0n) is 9.92. The molecule has 7 nitrogen and oxygen atoms in total. The van der Waals surface area contributed by atoms with Crippen molar-refractivity contribution in [2.75, 3.05) is 17.3 Å². The average Bonchev–Trinajstić information content (AvgIpc) is 2.28. The van der Waals surface area contributed by atoms with E-state index in [2.05, 4.69) is 5.32 Å². The predicted molar refractivity (Wildman–Crippen MR) is 66.0 cm³/mol. The van der Waals surface area contributed by atoms with Gasteiger partial charge in [-0.05, 0) is 6.07 Å². The van der Waals surface area contributed by atoms with Gasteiger partial charge >= 0.3 is 0 Å². The highest BCUT2D eigenvalue weighted by molar-refractivity contribution is 7.90. The maximum absolute atomic E-state index is 13.3. The lowest BCUT2D eigenvalue weighted by atomic mass is 10.2. The van der Waals surface area contributed by atoms with Crippen molar-refractivity contribution in [3.05, 3.63) is 34.1 Å². The predicted octanol–water partition coefficient (Wildman–Crippen LogP) is 1.11. The molecular weight excluding hydrogens is 279 g/mol. The van der Waals surface area contributed by atoms with Crippen LogP contribution in [0.2, 0.25) is 0 Å². The van der Waals surface area contributed by atoms with Crippen molar-refractivity contribution in [2.24, 2.45) is 0 Å². The van der Waals surface area contributed by atoms with E-state index in [0.29, 0.717) is 0 Å². The SMILES string of the molecule is CS(=O)(=O)CCC(=O)Nc1cc([N+](=O)[O-])ccc1F. The van der Waals surface area contributed by atoms with Gasteiger partial charge in [-0.3, -0.25) is 14.9 Å². The molecule has 0 aliphatic heterocycles. The average molecular weight is 290 g/mol. The van der Waals surface area contributed by atoms with Gasteiger partial charge in [-0.2, -0.15) is 0 Å². The molecule has 0 spiro atoms. The number of hydrogen-bond donors (Lipinski definition) is 1. The van der Waals surface area contributed by atoms with E-state index in [1.54, 1.807) is 0 Å². The van der Waals surface area contributed by atoms with Crippen LogP contribution in [0, 0.1) is 15.9 Å². The fraction of sp³-hybridized carbons (Fsp3) is 0.300. The summed E-state index contributed by atoms with van der Waals surface area (Å²) in [5, 5.41) is 12.6. The molecule has 9 heteroatoms. The second-order valence-electron chi connectivity index (χ2n) is 3.85. The van der Waals surface area contributed by atoms with Gasteiger partial charge in [0, 0.05) is 24.8 Å². The summed E-state index contributed by atoms with van der Waals surface area (Å²) in [6.45, 7) is 0. The molecule has 0 aliphatic carbocycles. The largest absolute Gasteiger partial charge is 0.323 e. The molecule has 1 rings (SSSR count). The molecule has 0 saturated carbocycles. The molecular formula is C10H11FN2O5S. The van der Waals surface area contributed by atoms with E-state index in [0.717, 1.165) is 24.5 Å². The number of nitro benzene ring substituents is 1. The minimum Gasteiger partial charge on any atom is -0.323 e. The van der Waals surface area contributed by atoms with E-state index in [1.807, 2.05) is 0 Å². The Morgan fingerprint density at radius 2 is 2.11 bits per heavy atom. The van der Waals surface area contributed by atoms with Crippen LogP contribution in [0.15, 0.2) is 18.2 Å². The quantitative estimate of drug-likeness (QED) is 0.645. The first-order valence-electron chi connectivity index (χ1n) is 5.10. The third kappa shape index (κ3) is 5.00. The number of non-ortho nitro benzene ring substituents is 1. The topological polar surface area (TPSA) is 106 Å². The van der Waals surface area contributed by atoms with E-state index in [-0.39, 0.29) is 23.5 Å². The zero-order valence-corrected chi connectivity index (χ0v) is 10.7. The normalized spacial score (nSPS) is 11.1. The van der Waals surface area contributed by atoms with E-state index in [1.165, 1.54) is 0 Å². The van der Waals surface area contributed by atoms with Gasteiger partial charge in [0.1, 0.15) is 15.7 Å². The third-order valence-corrected chi connectivity index (χ3v) is 3.08. The molecule has 0 unspecified atom stereocenters. The van der Waals surface area contributed by atoms with Crippen LogP contribution in [0.25, 0.3) is 0 Å². The number of nitrogens with one attached hydrogen (secondary N) is 1. The molecule has 0 radical (unpaired) electrons. The minimum absolute atomic E-state index is 0.346. The van der Waals surface area contributed by atoms with Crippen molar-refractivity contribution in [1.82, 2.24) is 0 Å². The lowest BCUT2D eigenvalue weighted by Gasteiger charge is -2.05. The Hall–Kier alpha value is -2.03. The number of halogens is 1. The van der Waals surface area contributed by atoms with Crippen LogP contribution in [-0.4, -0.2) is 31.3 Å². The van der Waals surface area contributed by atoms with Crippen molar-refractivity contribution in [3.63, 3.8) is 0 Å². The molecule has 0 heterocycles.